The summed E-state index contributed by atoms with van der Waals surface area (Å²) < 4.78 is 5.69. The van der Waals surface area contributed by atoms with Crippen molar-refractivity contribution in [3.8, 4) is 5.75 Å². The fourth-order valence-corrected chi connectivity index (χ4v) is 3.59. The lowest BCUT2D eigenvalue weighted by molar-refractivity contribution is -0.143. The smallest absolute Gasteiger partial charge is 0.261 e. The molecule has 33 heavy (non-hydrogen) atoms. The lowest BCUT2D eigenvalue weighted by Gasteiger charge is -2.31. The number of hydrogen-bond acceptors (Lipinski definition) is 3. The lowest BCUT2D eigenvalue weighted by atomic mass is 10.0. The Kier molecular flexibility index (Phi) is 8.93. The molecule has 2 amide bonds. The molecule has 3 aromatic rings. The standard InChI is InChI=1S/C26H24Cl2N2O3/c1-2-16-29-26(32)25(20-8-4-3-5-9-20)30(17-19-12-14-21(27)15-13-19)24(31)18-33-23-11-7-6-10-22(23)28/h2-15,25H,1,16-18H2,(H,29,32). The molecule has 3 aromatic carbocycles. The molecule has 1 N–H and O–H groups in total. The van der Waals surface area contributed by atoms with Crippen LogP contribution in [0.3, 0.4) is 0 Å². The summed E-state index contributed by atoms with van der Waals surface area (Å²) in [5.74, 6) is -0.292. The van der Waals surface area contributed by atoms with Crippen LogP contribution in [-0.2, 0) is 16.1 Å². The van der Waals surface area contributed by atoms with Gasteiger partial charge in [-0.25, -0.2) is 0 Å². The van der Waals surface area contributed by atoms with Gasteiger partial charge in [0.25, 0.3) is 5.91 Å². The normalized spacial score (nSPS) is 11.3. The number of carbonyl (C=O) groups is 2. The van der Waals surface area contributed by atoms with E-state index in [1.165, 1.54) is 4.90 Å². The Hall–Kier alpha value is -3.28. The number of halogens is 2. The van der Waals surface area contributed by atoms with Crippen molar-refractivity contribution in [1.29, 1.82) is 0 Å². The Labute approximate surface area is 203 Å². The van der Waals surface area contributed by atoms with Crippen LogP contribution in [0.5, 0.6) is 5.75 Å². The van der Waals surface area contributed by atoms with E-state index in [4.69, 9.17) is 27.9 Å². The number of hydrogen-bond donors (Lipinski definition) is 1. The van der Waals surface area contributed by atoms with Gasteiger partial charge in [0, 0.05) is 18.1 Å². The third-order valence-electron chi connectivity index (χ3n) is 4.87. The largest absolute Gasteiger partial charge is 0.482 e. The topological polar surface area (TPSA) is 58.6 Å². The van der Waals surface area contributed by atoms with Gasteiger partial charge < -0.3 is 15.0 Å². The Morgan fingerprint density at radius 2 is 1.64 bits per heavy atom. The summed E-state index contributed by atoms with van der Waals surface area (Å²) in [6, 6.07) is 22.3. The first kappa shape index (κ1) is 24.4. The van der Waals surface area contributed by atoms with E-state index >= 15 is 0 Å². The Balaban J connectivity index is 1.93. The molecule has 0 bridgehead atoms. The van der Waals surface area contributed by atoms with Gasteiger partial charge in [-0.1, -0.05) is 83.9 Å². The Morgan fingerprint density at radius 3 is 2.30 bits per heavy atom. The van der Waals surface area contributed by atoms with Crippen molar-refractivity contribution in [3.63, 3.8) is 0 Å². The van der Waals surface area contributed by atoms with Gasteiger partial charge >= 0.3 is 0 Å². The SMILES string of the molecule is C=CCNC(=O)C(c1ccccc1)N(Cc1ccc(Cl)cc1)C(=O)COc1ccccc1Cl. The molecule has 0 aromatic heterocycles. The molecule has 0 aliphatic heterocycles. The van der Waals surface area contributed by atoms with E-state index in [0.717, 1.165) is 5.56 Å². The number of nitrogens with zero attached hydrogens (tertiary/aromatic N) is 1. The molecular formula is C26H24Cl2N2O3. The fraction of sp³-hybridized carbons (Fsp3) is 0.154. The summed E-state index contributed by atoms with van der Waals surface area (Å²) in [6.45, 7) is 3.83. The third kappa shape index (κ3) is 6.85. The number of para-hydroxylation sites is 1. The maximum absolute atomic E-state index is 13.4. The van der Waals surface area contributed by atoms with Gasteiger partial charge in [0.05, 0.1) is 5.02 Å². The molecular weight excluding hydrogens is 459 g/mol. The van der Waals surface area contributed by atoms with Gasteiger partial charge in [0.15, 0.2) is 6.61 Å². The second-order valence-electron chi connectivity index (χ2n) is 7.21. The van der Waals surface area contributed by atoms with Crippen molar-refractivity contribution in [2.75, 3.05) is 13.2 Å². The maximum Gasteiger partial charge on any atom is 0.261 e. The molecule has 0 fully saturated rings. The summed E-state index contributed by atoms with van der Waals surface area (Å²) >= 11 is 12.2. The van der Waals surface area contributed by atoms with E-state index in [0.29, 0.717) is 21.4 Å². The van der Waals surface area contributed by atoms with Crippen molar-refractivity contribution >= 4 is 35.0 Å². The van der Waals surface area contributed by atoms with Crippen LogP contribution in [0.4, 0.5) is 0 Å². The van der Waals surface area contributed by atoms with Crippen LogP contribution in [0, 0.1) is 0 Å². The van der Waals surface area contributed by atoms with Crippen molar-refractivity contribution in [3.05, 3.63) is 113 Å². The second-order valence-corrected chi connectivity index (χ2v) is 8.06. The van der Waals surface area contributed by atoms with E-state index in [1.807, 2.05) is 42.5 Å². The number of carbonyl (C=O) groups excluding carboxylic acids is 2. The first-order valence-corrected chi connectivity index (χ1v) is 11.1. The van der Waals surface area contributed by atoms with E-state index in [2.05, 4.69) is 11.9 Å². The molecule has 0 radical (unpaired) electrons. The monoisotopic (exact) mass is 482 g/mol. The molecule has 0 aliphatic carbocycles. The van der Waals surface area contributed by atoms with Crippen LogP contribution in [0.15, 0.2) is 91.5 Å². The minimum Gasteiger partial charge on any atom is -0.482 e. The molecule has 7 heteroatoms. The second kappa shape index (κ2) is 12.1. The molecule has 0 heterocycles. The number of nitrogens with one attached hydrogen (secondary N) is 1. The van der Waals surface area contributed by atoms with Crippen LogP contribution < -0.4 is 10.1 Å². The molecule has 0 saturated heterocycles. The zero-order valence-corrected chi connectivity index (χ0v) is 19.4. The highest BCUT2D eigenvalue weighted by Crippen LogP contribution is 2.26. The average Bonchev–Trinajstić information content (AvgIpc) is 2.83. The van der Waals surface area contributed by atoms with Crippen molar-refractivity contribution < 1.29 is 14.3 Å². The molecule has 0 aliphatic rings. The van der Waals surface area contributed by atoms with Crippen LogP contribution in [0.1, 0.15) is 17.2 Å². The average molecular weight is 483 g/mol. The van der Waals surface area contributed by atoms with Crippen molar-refractivity contribution in [1.82, 2.24) is 10.2 Å². The molecule has 1 atom stereocenters. The van der Waals surface area contributed by atoms with Gasteiger partial charge in [-0.15, -0.1) is 6.58 Å². The first-order chi connectivity index (χ1) is 16.0. The van der Waals surface area contributed by atoms with Crippen molar-refractivity contribution in [2.45, 2.75) is 12.6 Å². The van der Waals surface area contributed by atoms with E-state index in [1.54, 1.807) is 42.5 Å². The van der Waals surface area contributed by atoms with Crippen LogP contribution in [0.2, 0.25) is 10.0 Å². The highest BCUT2D eigenvalue weighted by molar-refractivity contribution is 6.32. The summed E-state index contributed by atoms with van der Waals surface area (Å²) in [7, 11) is 0. The summed E-state index contributed by atoms with van der Waals surface area (Å²) in [6.07, 6.45) is 1.59. The zero-order valence-electron chi connectivity index (χ0n) is 17.9. The predicted octanol–water partition coefficient (Wildman–Crippen LogP) is 5.44. The first-order valence-electron chi connectivity index (χ1n) is 10.3. The third-order valence-corrected chi connectivity index (χ3v) is 5.43. The zero-order chi connectivity index (χ0) is 23.6. The summed E-state index contributed by atoms with van der Waals surface area (Å²) in [5, 5.41) is 3.80. The lowest BCUT2D eigenvalue weighted by Crippen LogP contribution is -2.45. The van der Waals surface area contributed by atoms with Crippen LogP contribution in [-0.4, -0.2) is 29.9 Å². The molecule has 3 rings (SSSR count). The maximum atomic E-state index is 13.4. The minimum atomic E-state index is -0.871. The Morgan fingerprint density at radius 1 is 0.970 bits per heavy atom. The van der Waals surface area contributed by atoms with Crippen LogP contribution >= 0.6 is 23.2 Å². The summed E-state index contributed by atoms with van der Waals surface area (Å²) in [5.41, 5.74) is 1.50. The number of benzene rings is 3. The van der Waals surface area contributed by atoms with Gasteiger partial charge in [0.2, 0.25) is 5.91 Å². The highest BCUT2D eigenvalue weighted by atomic mass is 35.5. The molecule has 0 spiro atoms. The number of ether oxygens (including phenoxy) is 1. The number of amides is 2. The van der Waals surface area contributed by atoms with Crippen molar-refractivity contribution in [2.24, 2.45) is 0 Å². The van der Waals surface area contributed by atoms with E-state index in [9.17, 15) is 9.59 Å². The summed E-state index contributed by atoms with van der Waals surface area (Å²) in [4.78, 5) is 28.1. The predicted molar refractivity (Wildman–Crippen MR) is 131 cm³/mol. The molecule has 1 unspecified atom stereocenters. The molecule has 5 nitrogen and oxygen atoms in total. The van der Waals surface area contributed by atoms with Gasteiger partial charge in [0.1, 0.15) is 11.8 Å². The van der Waals surface area contributed by atoms with Gasteiger partial charge in [-0.3, -0.25) is 9.59 Å². The number of rotatable bonds is 10. The molecule has 170 valence electrons. The highest BCUT2D eigenvalue weighted by Gasteiger charge is 2.31. The van der Waals surface area contributed by atoms with Gasteiger partial charge in [-0.2, -0.15) is 0 Å². The fourth-order valence-electron chi connectivity index (χ4n) is 3.27. The Bertz CT molecular complexity index is 1090. The van der Waals surface area contributed by atoms with Gasteiger partial charge in [-0.05, 0) is 35.4 Å². The molecule has 0 saturated carbocycles. The quantitative estimate of drug-likeness (QED) is 0.391. The minimum absolute atomic E-state index is 0.183. The van der Waals surface area contributed by atoms with E-state index in [-0.39, 0.29) is 31.5 Å². The van der Waals surface area contributed by atoms with E-state index < -0.39 is 6.04 Å². The van der Waals surface area contributed by atoms with Crippen LogP contribution in [0.25, 0.3) is 0 Å².